The van der Waals surface area contributed by atoms with E-state index in [1.54, 1.807) is 18.2 Å². The number of hydrogen-bond acceptors (Lipinski definition) is 7. The van der Waals surface area contributed by atoms with Crippen LogP contribution in [0.1, 0.15) is 12.5 Å². The summed E-state index contributed by atoms with van der Waals surface area (Å²) < 4.78 is 10.8. The molecule has 1 atom stereocenters. The summed E-state index contributed by atoms with van der Waals surface area (Å²) in [6, 6.07) is 16.3. The molecule has 0 heterocycles. The van der Waals surface area contributed by atoms with E-state index in [0.717, 1.165) is 5.56 Å². The van der Waals surface area contributed by atoms with Crippen molar-refractivity contribution in [3.63, 3.8) is 0 Å². The molecule has 0 aliphatic rings. The molecule has 0 spiro atoms. The molecule has 0 aromatic heterocycles. The zero-order valence-electron chi connectivity index (χ0n) is 19.5. The molecule has 2 aromatic carbocycles. The molecule has 10 heteroatoms. The first-order valence-corrected chi connectivity index (χ1v) is 11.0. The number of nitrogens with one attached hydrogen (secondary N) is 3. The second-order valence-electron chi connectivity index (χ2n) is 7.41. The Hall–Kier alpha value is -3.63. The van der Waals surface area contributed by atoms with Crippen molar-refractivity contribution < 1.29 is 29.0 Å². The fraction of sp³-hybridized carbons (Fsp3) is 0.375. The van der Waals surface area contributed by atoms with Crippen LogP contribution in [0.25, 0.3) is 0 Å². The third-order valence-electron chi connectivity index (χ3n) is 4.70. The molecule has 0 fully saturated rings. The van der Waals surface area contributed by atoms with Gasteiger partial charge in [0.1, 0.15) is 12.7 Å². The molecule has 2 rings (SSSR count). The second-order valence-corrected chi connectivity index (χ2v) is 7.41. The Morgan fingerprint density at radius 2 is 1.53 bits per heavy atom. The van der Waals surface area contributed by atoms with E-state index in [2.05, 4.69) is 16.1 Å². The first-order valence-electron chi connectivity index (χ1n) is 11.0. The van der Waals surface area contributed by atoms with Gasteiger partial charge >= 0.3 is 0 Å². The molecule has 1 unspecified atom stereocenters. The molecular formula is C24H32N4O6. The highest BCUT2D eigenvalue weighted by Gasteiger charge is 2.15. The Morgan fingerprint density at radius 1 is 0.912 bits per heavy atom. The summed E-state index contributed by atoms with van der Waals surface area (Å²) in [6.07, 6.45) is -0.706. The van der Waals surface area contributed by atoms with Gasteiger partial charge in [-0.15, -0.1) is 0 Å². The quantitative estimate of drug-likeness (QED) is 0.290. The molecule has 0 bridgehead atoms. The van der Waals surface area contributed by atoms with Gasteiger partial charge in [-0.25, -0.2) is 5.01 Å². The summed E-state index contributed by atoms with van der Waals surface area (Å²) in [5.74, 6) is -0.155. The molecule has 3 amide bonds. The van der Waals surface area contributed by atoms with Gasteiger partial charge in [0, 0.05) is 13.1 Å². The third-order valence-corrected chi connectivity index (χ3v) is 4.70. The van der Waals surface area contributed by atoms with Crippen molar-refractivity contribution in [2.24, 2.45) is 0 Å². The topological polar surface area (TPSA) is 129 Å². The van der Waals surface area contributed by atoms with Crippen LogP contribution in [0.15, 0.2) is 54.6 Å². The van der Waals surface area contributed by atoms with E-state index >= 15 is 0 Å². The third kappa shape index (κ3) is 9.88. The summed E-state index contributed by atoms with van der Waals surface area (Å²) in [5, 5.41) is 16.8. The molecule has 0 aliphatic heterocycles. The van der Waals surface area contributed by atoms with Crippen LogP contribution < -0.4 is 25.5 Å². The second kappa shape index (κ2) is 14.5. The number of carbonyl (C=O) groups is 3. The van der Waals surface area contributed by atoms with Crippen molar-refractivity contribution in [1.29, 1.82) is 0 Å². The molecule has 0 saturated carbocycles. The van der Waals surface area contributed by atoms with E-state index in [9.17, 15) is 19.5 Å². The predicted octanol–water partition coefficient (Wildman–Crippen LogP) is 0.263. The van der Waals surface area contributed by atoms with E-state index in [4.69, 9.17) is 9.47 Å². The monoisotopic (exact) mass is 472 g/mol. The van der Waals surface area contributed by atoms with E-state index in [1.807, 2.05) is 43.3 Å². The van der Waals surface area contributed by atoms with Crippen LogP contribution in [0.4, 0.5) is 0 Å². The number of nitrogens with zero attached hydrogens (tertiary/aromatic N) is 1. The Morgan fingerprint density at radius 3 is 2.21 bits per heavy atom. The van der Waals surface area contributed by atoms with E-state index in [0.29, 0.717) is 18.0 Å². The average molecular weight is 473 g/mol. The van der Waals surface area contributed by atoms with E-state index in [1.165, 1.54) is 12.1 Å². The fourth-order valence-corrected chi connectivity index (χ4v) is 2.96. The SMILES string of the molecule is CCN(CC(O)COc1ccccc1OC)NC(=O)CNC(=O)CNC(=O)Cc1ccccc1. The first kappa shape index (κ1) is 26.6. The number of hydrazine groups is 1. The number of methoxy groups -OCH3 is 1. The number of likely N-dealkylation sites (N-methyl/N-ethyl adjacent to an activating group) is 1. The van der Waals surface area contributed by atoms with Crippen LogP contribution in [0.5, 0.6) is 11.5 Å². The Labute approximate surface area is 199 Å². The van der Waals surface area contributed by atoms with Crippen LogP contribution in [0, 0.1) is 0 Å². The molecule has 0 radical (unpaired) electrons. The largest absolute Gasteiger partial charge is 0.493 e. The van der Waals surface area contributed by atoms with E-state index < -0.39 is 17.9 Å². The Kier molecular flexibility index (Phi) is 11.4. The van der Waals surface area contributed by atoms with Crippen LogP contribution in [0.3, 0.4) is 0 Å². The summed E-state index contributed by atoms with van der Waals surface area (Å²) in [5.41, 5.74) is 3.47. The minimum atomic E-state index is -0.875. The van der Waals surface area contributed by atoms with Crippen LogP contribution in [-0.4, -0.2) is 73.8 Å². The van der Waals surface area contributed by atoms with Gasteiger partial charge in [-0.2, -0.15) is 0 Å². The molecule has 0 aliphatic carbocycles. The van der Waals surface area contributed by atoms with E-state index in [-0.39, 0.29) is 38.6 Å². The van der Waals surface area contributed by atoms with Crippen LogP contribution in [-0.2, 0) is 20.8 Å². The Balaban J connectivity index is 1.65. The zero-order valence-corrected chi connectivity index (χ0v) is 19.5. The van der Waals surface area contributed by atoms with Crippen LogP contribution in [0.2, 0.25) is 0 Å². The number of hydrogen-bond donors (Lipinski definition) is 4. The number of carbonyl (C=O) groups excluding carboxylic acids is 3. The highest BCUT2D eigenvalue weighted by atomic mass is 16.5. The van der Waals surface area contributed by atoms with Crippen molar-refractivity contribution in [1.82, 2.24) is 21.1 Å². The van der Waals surface area contributed by atoms with Crippen molar-refractivity contribution >= 4 is 17.7 Å². The standard InChI is InChI=1S/C24H32N4O6/c1-3-28(16-19(29)17-34-21-12-8-7-11-20(21)33-2)27-24(32)15-26-23(31)14-25-22(30)13-18-9-5-4-6-10-18/h4-12,19,29H,3,13-17H2,1-2H3,(H,25,30)(H,26,31)(H,27,32). The highest BCUT2D eigenvalue weighted by molar-refractivity contribution is 5.88. The maximum absolute atomic E-state index is 12.2. The van der Waals surface area contributed by atoms with Gasteiger partial charge in [0.2, 0.25) is 11.8 Å². The van der Waals surface area contributed by atoms with Crippen molar-refractivity contribution in [2.45, 2.75) is 19.4 Å². The van der Waals surface area contributed by atoms with Gasteiger partial charge in [-0.05, 0) is 17.7 Å². The fourth-order valence-electron chi connectivity index (χ4n) is 2.96. The normalized spacial score (nSPS) is 11.4. The van der Waals surface area contributed by atoms with Crippen molar-refractivity contribution in [3.05, 3.63) is 60.2 Å². The molecular weight excluding hydrogens is 440 g/mol. The number of benzene rings is 2. The predicted molar refractivity (Wildman–Crippen MR) is 126 cm³/mol. The number of amides is 3. The number of para-hydroxylation sites is 2. The molecule has 184 valence electrons. The van der Waals surface area contributed by atoms with Gasteiger partial charge < -0.3 is 25.2 Å². The van der Waals surface area contributed by atoms with Gasteiger partial charge in [0.15, 0.2) is 11.5 Å². The lowest BCUT2D eigenvalue weighted by Crippen LogP contribution is -2.50. The zero-order chi connectivity index (χ0) is 24.8. The van der Waals surface area contributed by atoms with Gasteiger partial charge in [0.05, 0.1) is 26.6 Å². The maximum atomic E-state index is 12.2. The summed E-state index contributed by atoms with van der Waals surface area (Å²) in [6.45, 7) is 1.88. The summed E-state index contributed by atoms with van der Waals surface area (Å²) >= 11 is 0. The van der Waals surface area contributed by atoms with Gasteiger partial charge in [-0.1, -0.05) is 49.4 Å². The lowest BCUT2D eigenvalue weighted by atomic mass is 10.1. The van der Waals surface area contributed by atoms with Gasteiger partial charge in [-0.3, -0.25) is 19.8 Å². The van der Waals surface area contributed by atoms with Crippen LogP contribution >= 0.6 is 0 Å². The summed E-state index contributed by atoms with van der Waals surface area (Å²) in [4.78, 5) is 36.0. The number of rotatable bonds is 14. The lowest BCUT2D eigenvalue weighted by molar-refractivity contribution is -0.129. The minimum Gasteiger partial charge on any atom is -0.493 e. The maximum Gasteiger partial charge on any atom is 0.253 e. The van der Waals surface area contributed by atoms with Crippen molar-refractivity contribution in [3.8, 4) is 11.5 Å². The lowest BCUT2D eigenvalue weighted by Gasteiger charge is -2.24. The average Bonchev–Trinajstić information content (AvgIpc) is 2.85. The Bertz CT molecular complexity index is 925. The molecule has 4 N–H and O–H groups in total. The van der Waals surface area contributed by atoms with Gasteiger partial charge in [0.25, 0.3) is 5.91 Å². The number of aliphatic hydroxyl groups is 1. The summed E-state index contributed by atoms with van der Waals surface area (Å²) in [7, 11) is 1.53. The smallest absolute Gasteiger partial charge is 0.253 e. The molecule has 10 nitrogen and oxygen atoms in total. The highest BCUT2D eigenvalue weighted by Crippen LogP contribution is 2.25. The molecule has 0 saturated heterocycles. The van der Waals surface area contributed by atoms with Crippen molar-refractivity contribution in [2.75, 3.05) is 39.9 Å². The number of aliphatic hydroxyl groups excluding tert-OH is 1. The first-order chi connectivity index (χ1) is 16.4. The number of ether oxygens (including phenoxy) is 2. The minimum absolute atomic E-state index is 0.00611. The molecule has 34 heavy (non-hydrogen) atoms. The molecule has 2 aromatic rings.